The van der Waals surface area contributed by atoms with Crippen LogP contribution in [0.1, 0.15) is 12.3 Å². The van der Waals surface area contributed by atoms with Crippen LogP contribution in [0.15, 0.2) is 15.8 Å². The molecule has 17 heavy (non-hydrogen) atoms. The summed E-state index contributed by atoms with van der Waals surface area (Å²) >= 11 is 0. The standard InChI is InChI=1S/C9H18N6O2/c1-16-6-2-4-11-9(15-10)12-5-3-8-13-7-14-17-8/h7H,2-6,10H2,1H3,(H2,11,12,15). The van der Waals surface area contributed by atoms with Crippen LogP contribution in [0.25, 0.3) is 0 Å². The smallest absolute Gasteiger partial charge is 0.228 e. The molecule has 1 aromatic rings. The van der Waals surface area contributed by atoms with Gasteiger partial charge in [-0.2, -0.15) is 4.98 Å². The first-order valence-corrected chi connectivity index (χ1v) is 5.36. The lowest BCUT2D eigenvalue weighted by Gasteiger charge is -2.07. The second-order valence-corrected chi connectivity index (χ2v) is 3.23. The molecule has 0 aromatic carbocycles. The Bertz CT molecular complexity index is 313. The number of nitrogens with two attached hydrogens (primary N) is 1. The van der Waals surface area contributed by atoms with E-state index >= 15 is 0 Å². The predicted molar refractivity (Wildman–Crippen MR) is 62.1 cm³/mol. The van der Waals surface area contributed by atoms with E-state index in [1.54, 1.807) is 7.11 Å². The summed E-state index contributed by atoms with van der Waals surface area (Å²) in [6.07, 6.45) is 2.85. The first kappa shape index (κ1) is 13.4. The molecule has 0 aliphatic rings. The largest absolute Gasteiger partial charge is 0.385 e. The van der Waals surface area contributed by atoms with E-state index in [0.717, 1.165) is 6.42 Å². The van der Waals surface area contributed by atoms with Crippen molar-refractivity contribution in [2.24, 2.45) is 10.8 Å². The molecule has 0 aliphatic carbocycles. The van der Waals surface area contributed by atoms with E-state index in [2.05, 4.69) is 25.9 Å². The summed E-state index contributed by atoms with van der Waals surface area (Å²) in [5, 5.41) is 6.54. The van der Waals surface area contributed by atoms with Gasteiger partial charge in [0, 0.05) is 33.2 Å². The maximum atomic E-state index is 5.32. The SMILES string of the molecule is COCCCN=C(NN)NCCc1ncno1. The zero-order valence-electron chi connectivity index (χ0n) is 9.85. The normalized spacial score (nSPS) is 11.5. The van der Waals surface area contributed by atoms with Crippen LogP contribution in [-0.2, 0) is 11.2 Å². The molecule has 0 spiro atoms. The molecule has 1 aromatic heterocycles. The van der Waals surface area contributed by atoms with Gasteiger partial charge >= 0.3 is 0 Å². The van der Waals surface area contributed by atoms with Gasteiger partial charge < -0.3 is 14.6 Å². The molecular formula is C9H18N6O2. The highest BCUT2D eigenvalue weighted by Gasteiger charge is 2.00. The third-order valence-corrected chi connectivity index (χ3v) is 1.95. The van der Waals surface area contributed by atoms with Crippen molar-refractivity contribution in [2.45, 2.75) is 12.8 Å². The molecule has 96 valence electrons. The molecule has 1 heterocycles. The van der Waals surface area contributed by atoms with E-state index in [1.165, 1.54) is 6.33 Å². The fraction of sp³-hybridized carbons (Fsp3) is 0.667. The number of aromatic nitrogens is 2. The van der Waals surface area contributed by atoms with E-state index in [-0.39, 0.29) is 0 Å². The minimum absolute atomic E-state index is 0.542. The summed E-state index contributed by atoms with van der Waals surface area (Å²) in [6.45, 7) is 1.96. The van der Waals surface area contributed by atoms with Gasteiger partial charge in [0.15, 0.2) is 6.33 Å². The van der Waals surface area contributed by atoms with E-state index < -0.39 is 0 Å². The van der Waals surface area contributed by atoms with Crippen molar-refractivity contribution >= 4 is 5.96 Å². The topological polar surface area (TPSA) is 111 Å². The molecule has 0 amide bonds. The monoisotopic (exact) mass is 242 g/mol. The second-order valence-electron chi connectivity index (χ2n) is 3.23. The first-order valence-electron chi connectivity index (χ1n) is 5.36. The van der Waals surface area contributed by atoms with Gasteiger partial charge in [0.1, 0.15) is 0 Å². The molecule has 0 saturated carbocycles. The lowest BCUT2D eigenvalue weighted by atomic mass is 10.4. The number of nitrogens with one attached hydrogen (secondary N) is 2. The van der Waals surface area contributed by atoms with Crippen LogP contribution in [0.5, 0.6) is 0 Å². The van der Waals surface area contributed by atoms with E-state index in [0.29, 0.717) is 38.0 Å². The van der Waals surface area contributed by atoms with Gasteiger partial charge in [-0.25, -0.2) is 5.84 Å². The summed E-state index contributed by atoms with van der Waals surface area (Å²) in [7, 11) is 1.66. The van der Waals surface area contributed by atoms with Crippen molar-refractivity contribution in [2.75, 3.05) is 26.8 Å². The van der Waals surface area contributed by atoms with Gasteiger partial charge in [0.25, 0.3) is 0 Å². The summed E-state index contributed by atoms with van der Waals surface area (Å²) < 4.78 is 9.77. The zero-order valence-corrected chi connectivity index (χ0v) is 9.85. The molecule has 0 atom stereocenters. The highest BCUT2D eigenvalue weighted by atomic mass is 16.5. The van der Waals surface area contributed by atoms with E-state index in [4.69, 9.17) is 15.1 Å². The molecule has 0 fully saturated rings. The van der Waals surface area contributed by atoms with Crippen LogP contribution in [-0.4, -0.2) is 42.9 Å². The van der Waals surface area contributed by atoms with Crippen molar-refractivity contribution in [3.8, 4) is 0 Å². The van der Waals surface area contributed by atoms with Gasteiger partial charge in [-0.05, 0) is 6.42 Å². The number of guanidine groups is 1. The van der Waals surface area contributed by atoms with Crippen molar-refractivity contribution < 1.29 is 9.26 Å². The quantitative estimate of drug-likeness (QED) is 0.186. The fourth-order valence-electron chi connectivity index (χ4n) is 1.15. The molecule has 0 aliphatic heterocycles. The van der Waals surface area contributed by atoms with Gasteiger partial charge in [0.05, 0.1) is 0 Å². The fourth-order valence-corrected chi connectivity index (χ4v) is 1.15. The highest BCUT2D eigenvalue weighted by molar-refractivity contribution is 5.79. The molecule has 8 nitrogen and oxygen atoms in total. The van der Waals surface area contributed by atoms with E-state index in [9.17, 15) is 0 Å². The number of methoxy groups -OCH3 is 1. The van der Waals surface area contributed by atoms with E-state index in [1.807, 2.05) is 0 Å². The molecule has 0 unspecified atom stereocenters. The zero-order chi connectivity index (χ0) is 12.3. The summed E-state index contributed by atoms with van der Waals surface area (Å²) in [4.78, 5) is 8.12. The minimum atomic E-state index is 0.542. The Hall–Kier alpha value is -1.67. The summed E-state index contributed by atoms with van der Waals surface area (Å²) in [5.41, 5.74) is 2.49. The Kier molecular flexibility index (Phi) is 6.68. The molecule has 8 heteroatoms. The lowest BCUT2D eigenvalue weighted by Crippen LogP contribution is -2.42. The van der Waals surface area contributed by atoms with Crippen molar-refractivity contribution in [1.82, 2.24) is 20.9 Å². The number of rotatable bonds is 7. The number of aliphatic imine (C=N–C) groups is 1. The van der Waals surface area contributed by atoms with Gasteiger partial charge in [-0.1, -0.05) is 5.16 Å². The second kappa shape index (κ2) is 8.48. The maximum Gasteiger partial charge on any atom is 0.228 e. The lowest BCUT2D eigenvalue weighted by molar-refractivity contribution is 0.197. The Labute approximate surface area is 99.6 Å². The number of ether oxygens (including phenoxy) is 1. The van der Waals surface area contributed by atoms with Crippen LogP contribution < -0.4 is 16.6 Å². The molecule has 4 N–H and O–H groups in total. The maximum absolute atomic E-state index is 5.32. The number of hydrogen-bond donors (Lipinski definition) is 3. The Morgan fingerprint density at radius 2 is 2.53 bits per heavy atom. The third kappa shape index (κ3) is 5.83. The van der Waals surface area contributed by atoms with Crippen molar-refractivity contribution in [3.63, 3.8) is 0 Å². The first-order chi connectivity index (χ1) is 8.36. The van der Waals surface area contributed by atoms with Crippen LogP contribution in [0, 0.1) is 0 Å². The van der Waals surface area contributed by atoms with Gasteiger partial charge in [0.2, 0.25) is 11.9 Å². The molecule has 0 bridgehead atoms. The Balaban J connectivity index is 2.17. The minimum Gasteiger partial charge on any atom is -0.385 e. The molecule has 1 rings (SSSR count). The van der Waals surface area contributed by atoms with Crippen LogP contribution in [0.4, 0.5) is 0 Å². The average Bonchev–Trinajstić information content (AvgIpc) is 2.85. The number of nitrogens with zero attached hydrogens (tertiary/aromatic N) is 3. The summed E-state index contributed by atoms with van der Waals surface area (Å²) in [5.74, 6) is 6.44. The Morgan fingerprint density at radius 3 is 3.18 bits per heavy atom. The molecular weight excluding hydrogens is 224 g/mol. The number of hydrogen-bond acceptors (Lipinski definition) is 6. The van der Waals surface area contributed by atoms with Gasteiger partial charge in [-0.15, -0.1) is 0 Å². The third-order valence-electron chi connectivity index (χ3n) is 1.95. The predicted octanol–water partition coefficient (Wildman–Crippen LogP) is -0.942. The number of hydrazine groups is 1. The van der Waals surface area contributed by atoms with Crippen molar-refractivity contribution in [1.29, 1.82) is 0 Å². The van der Waals surface area contributed by atoms with Gasteiger partial charge in [-0.3, -0.25) is 10.4 Å². The molecule has 0 saturated heterocycles. The molecule has 0 radical (unpaired) electrons. The highest BCUT2D eigenvalue weighted by Crippen LogP contribution is 1.90. The van der Waals surface area contributed by atoms with Crippen LogP contribution in [0.2, 0.25) is 0 Å². The summed E-state index contributed by atoms with van der Waals surface area (Å²) in [6, 6.07) is 0. The van der Waals surface area contributed by atoms with Crippen molar-refractivity contribution in [3.05, 3.63) is 12.2 Å². The van der Waals surface area contributed by atoms with Crippen LogP contribution >= 0.6 is 0 Å². The average molecular weight is 242 g/mol. The Morgan fingerprint density at radius 1 is 1.65 bits per heavy atom. The van der Waals surface area contributed by atoms with Crippen LogP contribution in [0.3, 0.4) is 0 Å².